The van der Waals surface area contributed by atoms with E-state index < -0.39 is 60.6 Å². The molecule has 1 aliphatic carbocycles. The molecule has 0 bridgehead atoms. The van der Waals surface area contributed by atoms with Crippen LogP contribution in [0.5, 0.6) is 0 Å². The molecule has 0 aliphatic heterocycles. The SMILES string of the molecule is CC(=O)c1ccc(NC(=O)N[C@H]2C[C@@](O)(C(=O)N[C@H](Cc3ccccc3)C(N)=O)C[C@@H](O)[C@@H]2O)cc1. The van der Waals surface area contributed by atoms with Crippen LogP contribution in [0.2, 0.25) is 0 Å². The smallest absolute Gasteiger partial charge is 0.319 e. The number of nitrogens with two attached hydrogens (primary N) is 1. The Kier molecular flexibility index (Phi) is 8.41. The van der Waals surface area contributed by atoms with Crippen LogP contribution < -0.4 is 21.7 Å². The number of hydrogen-bond donors (Lipinski definition) is 7. The van der Waals surface area contributed by atoms with Gasteiger partial charge in [-0.3, -0.25) is 14.4 Å². The Morgan fingerprint density at radius 2 is 1.67 bits per heavy atom. The first-order chi connectivity index (χ1) is 17.0. The highest BCUT2D eigenvalue weighted by Gasteiger charge is 2.49. The largest absolute Gasteiger partial charge is 0.390 e. The molecule has 0 heterocycles. The van der Waals surface area contributed by atoms with E-state index in [0.717, 1.165) is 5.56 Å². The van der Waals surface area contributed by atoms with Gasteiger partial charge < -0.3 is 37.0 Å². The summed E-state index contributed by atoms with van der Waals surface area (Å²) in [5, 5.41) is 39.1. The second-order valence-corrected chi connectivity index (χ2v) is 8.95. The molecule has 1 saturated carbocycles. The summed E-state index contributed by atoms with van der Waals surface area (Å²) in [7, 11) is 0. The quantitative estimate of drug-likeness (QED) is 0.246. The van der Waals surface area contributed by atoms with E-state index in [9.17, 15) is 34.5 Å². The maximum atomic E-state index is 13.0. The Morgan fingerprint density at radius 1 is 1.03 bits per heavy atom. The van der Waals surface area contributed by atoms with Crippen molar-refractivity contribution in [2.45, 2.75) is 56.1 Å². The molecule has 2 aromatic rings. The van der Waals surface area contributed by atoms with Gasteiger partial charge in [0, 0.05) is 30.5 Å². The van der Waals surface area contributed by atoms with Gasteiger partial charge in [-0.25, -0.2) is 4.79 Å². The number of primary amides is 1. The Bertz CT molecular complexity index is 1110. The molecule has 11 nitrogen and oxygen atoms in total. The van der Waals surface area contributed by atoms with Gasteiger partial charge in [-0.2, -0.15) is 0 Å². The van der Waals surface area contributed by atoms with Crippen LogP contribution in [0, 0.1) is 0 Å². The highest BCUT2D eigenvalue weighted by molar-refractivity contribution is 5.95. The van der Waals surface area contributed by atoms with Crippen LogP contribution >= 0.6 is 0 Å². The lowest BCUT2D eigenvalue weighted by Crippen LogP contribution is -2.64. The van der Waals surface area contributed by atoms with Crippen molar-refractivity contribution in [3.63, 3.8) is 0 Å². The van der Waals surface area contributed by atoms with E-state index in [1.165, 1.54) is 31.2 Å². The maximum Gasteiger partial charge on any atom is 0.319 e. The minimum absolute atomic E-state index is 0.0929. The normalized spacial score (nSPS) is 24.3. The average molecular weight is 499 g/mol. The summed E-state index contributed by atoms with van der Waals surface area (Å²) in [5.74, 6) is -1.90. The number of nitrogens with one attached hydrogen (secondary N) is 3. The minimum Gasteiger partial charge on any atom is -0.390 e. The zero-order valence-electron chi connectivity index (χ0n) is 19.7. The molecule has 3 rings (SSSR count). The van der Waals surface area contributed by atoms with E-state index >= 15 is 0 Å². The molecular weight excluding hydrogens is 468 g/mol. The van der Waals surface area contributed by atoms with Crippen LogP contribution in [-0.2, 0) is 16.0 Å². The van der Waals surface area contributed by atoms with Crippen molar-refractivity contribution in [2.75, 3.05) is 5.32 Å². The molecular formula is C25H30N4O7. The van der Waals surface area contributed by atoms with Gasteiger partial charge >= 0.3 is 6.03 Å². The number of hydrogen-bond acceptors (Lipinski definition) is 7. The van der Waals surface area contributed by atoms with E-state index in [2.05, 4.69) is 16.0 Å². The number of aliphatic hydroxyl groups is 3. The fourth-order valence-corrected chi connectivity index (χ4v) is 4.11. The summed E-state index contributed by atoms with van der Waals surface area (Å²) in [6.07, 6.45) is -3.83. The van der Waals surface area contributed by atoms with Gasteiger partial charge in [0.2, 0.25) is 5.91 Å². The first kappa shape index (κ1) is 26.8. The zero-order valence-corrected chi connectivity index (χ0v) is 19.7. The third-order valence-corrected chi connectivity index (χ3v) is 6.13. The molecule has 5 atom stereocenters. The molecule has 192 valence electrons. The summed E-state index contributed by atoms with van der Waals surface area (Å²) >= 11 is 0. The highest BCUT2D eigenvalue weighted by Crippen LogP contribution is 2.30. The van der Waals surface area contributed by atoms with Gasteiger partial charge in [0.15, 0.2) is 5.78 Å². The van der Waals surface area contributed by atoms with Crippen molar-refractivity contribution in [1.29, 1.82) is 0 Å². The highest BCUT2D eigenvalue weighted by atomic mass is 16.3. The molecule has 1 aliphatic rings. The summed E-state index contributed by atoms with van der Waals surface area (Å²) in [6.45, 7) is 1.41. The summed E-state index contributed by atoms with van der Waals surface area (Å²) < 4.78 is 0. The van der Waals surface area contributed by atoms with E-state index in [1.807, 2.05) is 0 Å². The van der Waals surface area contributed by atoms with Crippen molar-refractivity contribution in [3.05, 3.63) is 65.7 Å². The molecule has 8 N–H and O–H groups in total. The molecule has 11 heteroatoms. The zero-order chi connectivity index (χ0) is 26.5. The number of ketones is 1. The third kappa shape index (κ3) is 6.66. The number of carbonyl (C=O) groups excluding carboxylic acids is 4. The molecule has 2 aromatic carbocycles. The number of rotatable bonds is 8. The fourth-order valence-electron chi connectivity index (χ4n) is 4.11. The lowest BCUT2D eigenvalue weighted by Gasteiger charge is -2.41. The van der Waals surface area contributed by atoms with Crippen molar-refractivity contribution >= 4 is 29.3 Å². The van der Waals surface area contributed by atoms with Gasteiger partial charge in [-0.1, -0.05) is 30.3 Å². The number of benzene rings is 2. The number of aliphatic hydroxyl groups excluding tert-OH is 2. The Hall–Kier alpha value is -3.80. The maximum absolute atomic E-state index is 13.0. The van der Waals surface area contributed by atoms with E-state index in [4.69, 9.17) is 5.73 Å². The van der Waals surface area contributed by atoms with Crippen LogP contribution in [-0.4, -0.2) is 68.8 Å². The third-order valence-electron chi connectivity index (χ3n) is 6.13. The monoisotopic (exact) mass is 498 g/mol. The van der Waals surface area contributed by atoms with Crippen molar-refractivity contribution in [1.82, 2.24) is 10.6 Å². The van der Waals surface area contributed by atoms with Crippen molar-refractivity contribution < 1.29 is 34.5 Å². The van der Waals surface area contributed by atoms with Gasteiger partial charge in [0.1, 0.15) is 17.7 Å². The molecule has 4 amide bonds. The number of Topliss-reactive ketones (excluding diaryl/α,β-unsaturated/α-hetero) is 1. The molecule has 1 fully saturated rings. The topological polar surface area (TPSA) is 191 Å². The van der Waals surface area contributed by atoms with Gasteiger partial charge in [0.05, 0.1) is 12.1 Å². The first-order valence-electron chi connectivity index (χ1n) is 11.4. The Morgan fingerprint density at radius 3 is 2.25 bits per heavy atom. The first-order valence-corrected chi connectivity index (χ1v) is 11.4. The van der Waals surface area contributed by atoms with Gasteiger partial charge in [-0.15, -0.1) is 0 Å². The predicted octanol–water partition coefficient (Wildman–Crippen LogP) is -0.161. The fraction of sp³-hybridized carbons (Fsp3) is 0.360. The predicted molar refractivity (Wildman–Crippen MR) is 130 cm³/mol. The van der Waals surface area contributed by atoms with E-state index in [-0.39, 0.29) is 12.2 Å². The van der Waals surface area contributed by atoms with Gasteiger partial charge in [-0.05, 0) is 36.8 Å². The molecule has 0 saturated heterocycles. The minimum atomic E-state index is -2.19. The number of urea groups is 1. The summed E-state index contributed by atoms with van der Waals surface area (Å²) in [6, 6.07) is 11.9. The van der Waals surface area contributed by atoms with Crippen LogP contribution in [0.25, 0.3) is 0 Å². The number of amides is 4. The molecule has 0 radical (unpaired) electrons. The standard InChI is InChI=1S/C25H30N4O7/c1-14(30)16-7-9-17(10-8-16)27-24(35)29-19-12-25(36,13-20(31)21(19)32)23(34)28-18(22(26)33)11-15-5-3-2-4-6-15/h2-10,18-21,31-32,36H,11-13H2,1H3,(H2,26,33)(H,28,34)(H2,27,29,35)/t18-,19+,20-,21-,25+/m1/s1. The van der Waals surface area contributed by atoms with Crippen LogP contribution in [0.3, 0.4) is 0 Å². The molecule has 36 heavy (non-hydrogen) atoms. The Labute approximate surface area is 207 Å². The average Bonchev–Trinajstić information content (AvgIpc) is 2.82. The lowest BCUT2D eigenvalue weighted by atomic mass is 9.77. The lowest BCUT2D eigenvalue weighted by molar-refractivity contribution is -0.158. The van der Waals surface area contributed by atoms with Crippen LogP contribution in [0.4, 0.5) is 10.5 Å². The Balaban J connectivity index is 1.67. The van der Waals surface area contributed by atoms with Crippen molar-refractivity contribution in [3.8, 4) is 0 Å². The number of carbonyl (C=O) groups is 4. The second-order valence-electron chi connectivity index (χ2n) is 8.95. The summed E-state index contributed by atoms with van der Waals surface area (Å²) in [4.78, 5) is 48.8. The molecule has 0 spiro atoms. The van der Waals surface area contributed by atoms with E-state index in [1.54, 1.807) is 30.3 Å². The van der Waals surface area contributed by atoms with E-state index in [0.29, 0.717) is 11.3 Å². The number of anilines is 1. The van der Waals surface area contributed by atoms with Crippen LogP contribution in [0.1, 0.15) is 35.7 Å². The van der Waals surface area contributed by atoms with Gasteiger partial charge in [0.25, 0.3) is 5.91 Å². The van der Waals surface area contributed by atoms with Crippen molar-refractivity contribution in [2.24, 2.45) is 5.73 Å². The van der Waals surface area contributed by atoms with Crippen LogP contribution in [0.15, 0.2) is 54.6 Å². The second kappa shape index (κ2) is 11.3. The molecule has 0 unspecified atom stereocenters. The summed E-state index contributed by atoms with van der Waals surface area (Å²) in [5.41, 5.74) is 4.81. The molecule has 0 aromatic heterocycles.